The minimum atomic E-state index is 0.269. The van der Waals surface area contributed by atoms with E-state index < -0.39 is 0 Å². The summed E-state index contributed by atoms with van der Waals surface area (Å²) in [4.78, 5) is 14.7. The molecule has 1 saturated heterocycles. The molecule has 3 fully saturated rings. The van der Waals surface area contributed by atoms with E-state index in [1.807, 2.05) is 0 Å². The van der Waals surface area contributed by atoms with Gasteiger partial charge < -0.3 is 5.32 Å². The Labute approximate surface area is 129 Å². The van der Waals surface area contributed by atoms with Gasteiger partial charge in [0.15, 0.2) is 0 Å². The molecule has 1 atom stereocenters. The Morgan fingerprint density at radius 3 is 2.38 bits per heavy atom. The zero-order valence-electron chi connectivity index (χ0n) is 13.5. The maximum atomic E-state index is 12.2. The van der Waals surface area contributed by atoms with Crippen molar-refractivity contribution in [3.8, 4) is 0 Å². The van der Waals surface area contributed by atoms with E-state index >= 15 is 0 Å². The molecule has 0 aromatic heterocycles. The van der Waals surface area contributed by atoms with Gasteiger partial charge in [-0.1, -0.05) is 32.1 Å². The van der Waals surface area contributed by atoms with Crippen molar-refractivity contribution in [1.29, 1.82) is 0 Å². The predicted octanol–water partition coefficient (Wildman–Crippen LogP) is 3.34. The van der Waals surface area contributed by atoms with E-state index in [1.165, 1.54) is 70.6 Å². The minimum Gasteiger partial charge on any atom is -0.355 e. The van der Waals surface area contributed by atoms with Gasteiger partial charge in [-0.05, 0) is 56.9 Å². The SMILES string of the molecule is O=C(CN1CCC[C@H]1C1CCCC1)NCC1CCCCC1. The normalized spacial score (nSPS) is 29.0. The first-order valence-electron chi connectivity index (χ1n) is 9.33. The largest absolute Gasteiger partial charge is 0.355 e. The van der Waals surface area contributed by atoms with Crippen molar-refractivity contribution >= 4 is 5.91 Å². The molecule has 0 aromatic carbocycles. The van der Waals surface area contributed by atoms with Crippen molar-refractivity contribution in [2.24, 2.45) is 11.8 Å². The number of hydrogen-bond donors (Lipinski definition) is 1. The molecule has 3 rings (SSSR count). The van der Waals surface area contributed by atoms with Crippen molar-refractivity contribution in [3.63, 3.8) is 0 Å². The van der Waals surface area contributed by atoms with Gasteiger partial charge in [0.1, 0.15) is 0 Å². The topological polar surface area (TPSA) is 32.3 Å². The van der Waals surface area contributed by atoms with Gasteiger partial charge in [0.2, 0.25) is 5.91 Å². The molecule has 0 spiro atoms. The quantitative estimate of drug-likeness (QED) is 0.843. The molecule has 2 aliphatic carbocycles. The van der Waals surface area contributed by atoms with E-state index in [1.54, 1.807) is 0 Å². The number of likely N-dealkylation sites (tertiary alicyclic amines) is 1. The molecule has 120 valence electrons. The van der Waals surface area contributed by atoms with Crippen LogP contribution in [0.1, 0.15) is 70.6 Å². The molecule has 3 aliphatic rings. The average molecular weight is 292 g/mol. The van der Waals surface area contributed by atoms with Crippen LogP contribution in [-0.2, 0) is 4.79 Å². The molecule has 3 nitrogen and oxygen atoms in total. The third kappa shape index (κ3) is 4.21. The van der Waals surface area contributed by atoms with Gasteiger partial charge >= 0.3 is 0 Å². The molecule has 0 radical (unpaired) electrons. The van der Waals surface area contributed by atoms with E-state index in [2.05, 4.69) is 10.2 Å². The Morgan fingerprint density at radius 1 is 0.905 bits per heavy atom. The van der Waals surface area contributed by atoms with Gasteiger partial charge in [-0.2, -0.15) is 0 Å². The van der Waals surface area contributed by atoms with Crippen LogP contribution >= 0.6 is 0 Å². The summed E-state index contributed by atoms with van der Waals surface area (Å²) in [5.74, 6) is 1.89. The maximum Gasteiger partial charge on any atom is 0.234 e. The number of rotatable bonds is 5. The Hall–Kier alpha value is -0.570. The van der Waals surface area contributed by atoms with E-state index in [9.17, 15) is 4.79 Å². The summed E-state index contributed by atoms with van der Waals surface area (Å²) in [7, 11) is 0. The maximum absolute atomic E-state index is 12.2. The molecule has 1 amide bonds. The molecule has 0 aromatic rings. The molecule has 2 saturated carbocycles. The first kappa shape index (κ1) is 15.3. The van der Waals surface area contributed by atoms with Crippen LogP contribution in [0.15, 0.2) is 0 Å². The number of hydrogen-bond acceptors (Lipinski definition) is 2. The third-order valence-corrected chi connectivity index (χ3v) is 6.02. The van der Waals surface area contributed by atoms with Crippen LogP contribution in [0.4, 0.5) is 0 Å². The van der Waals surface area contributed by atoms with E-state index in [4.69, 9.17) is 0 Å². The van der Waals surface area contributed by atoms with Crippen LogP contribution in [-0.4, -0.2) is 36.5 Å². The number of carbonyl (C=O) groups is 1. The second-order valence-corrected chi connectivity index (χ2v) is 7.53. The van der Waals surface area contributed by atoms with Gasteiger partial charge in [-0.25, -0.2) is 0 Å². The van der Waals surface area contributed by atoms with Crippen LogP contribution in [0.5, 0.6) is 0 Å². The zero-order chi connectivity index (χ0) is 14.5. The number of nitrogens with zero attached hydrogens (tertiary/aromatic N) is 1. The molecule has 21 heavy (non-hydrogen) atoms. The van der Waals surface area contributed by atoms with Gasteiger partial charge in [-0.15, -0.1) is 0 Å². The second-order valence-electron chi connectivity index (χ2n) is 7.53. The van der Waals surface area contributed by atoms with Gasteiger partial charge in [0.25, 0.3) is 0 Å². The lowest BCUT2D eigenvalue weighted by atomic mass is 9.89. The minimum absolute atomic E-state index is 0.269. The molecule has 1 aliphatic heterocycles. The van der Waals surface area contributed by atoms with Crippen LogP contribution in [0.2, 0.25) is 0 Å². The average Bonchev–Trinajstić information content (AvgIpc) is 3.17. The van der Waals surface area contributed by atoms with E-state index in [-0.39, 0.29) is 5.91 Å². The van der Waals surface area contributed by atoms with E-state index in [0.717, 1.165) is 24.9 Å². The molecule has 3 heteroatoms. The van der Waals surface area contributed by atoms with Crippen LogP contribution in [0.3, 0.4) is 0 Å². The lowest BCUT2D eigenvalue weighted by molar-refractivity contribution is -0.122. The smallest absolute Gasteiger partial charge is 0.234 e. The van der Waals surface area contributed by atoms with Gasteiger partial charge in [-0.3, -0.25) is 9.69 Å². The summed E-state index contributed by atoms with van der Waals surface area (Å²) in [6.45, 7) is 2.70. The molecule has 1 heterocycles. The van der Waals surface area contributed by atoms with Crippen molar-refractivity contribution in [1.82, 2.24) is 10.2 Å². The van der Waals surface area contributed by atoms with Gasteiger partial charge in [0.05, 0.1) is 6.54 Å². The fourth-order valence-electron chi connectivity index (χ4n) is 4.81. The van der Waals surface area contributed by atoms with Crippen molar-refractivity contribution < 1.29 is 4.79 Å². The summed E-state index contributed by atoms with van der Waals surface area (Å²) in [5.41, 5.74) is 0. The van der Waals surface area contributed by atoms with Crippen molar-refractivity contribution in [2.45, 2.75) is 76.7 Å². The lowest BCUT2D eigenvalue weighted by Gasteiger charge is -2.29. The summed E-state index contributed by atoms with van der Waals surface area (Å²) in [6, 6.07) is 0.702. The standard InChI is InChI=1S/C18H32N2O/c21-18(19-13-15-7-2-1-3-8-15)14-20-12-6-11-17(20)16-9-4-5-10-16/h15-17H,1-14H2,(H,19,21)/t17-/m0/s1. The summed E-state index contributed by atoms with van der Waals surface area (Å²) in [6.07, 6.45) is 14.9. The second kappa shape index (κ2) is 7.62. The highest BCUT2D eigenvalue weighted by molar-refractivity contribution is 5.78. The lowest BCUT2D eigenvalue weighted by Crippen LogP contribution is -2.43. The van der Waals surface area contributed by atoms with Crippen LogP contribution in [0.25, 0.3) is 0 Å². The Morgan fingerprint density at radius 2 is 1.62 bits per heavy atom. The molecule has 0 bridgehead atoms. The molecule has 1 N–H and O–H groups in total. The summed E-state index contributed by atoms with van der Waals surface area (Å²) < 4.78 is 0. The molecular weight excluding hydrogens is 260 g/mol. The predicted molar refractivity (Wildman–Crippen MR) is 86.1 cm³/mol. The first-order valence-corrected chi connectivity index (χ1v) is 9.33. The summed E-state index contributed by atoms with van der Waals surface area (Å²) in [5, 5.41) is 3.21. The highest BCUT2D eigenvalue weighted by Gasteiger charge is 2.33. The Bertz CT molecular complexity index is 332. The number of carbonyl (C=O) groups excluding carboxylic acids is 1. The van der Waals surface area contributed by atoms with Gasteiger partial charge in [0, 0.05) is 12.6 Å². The van der Waals surface area contributed by atoms with Crippen LogP contribution in [0, 0.1) is 11.8 Å². The highest BCUT2D eigenvalue weighted by Crippen LogP contribution is 2.35. The molecule has 0 unspecified atom stereocenters. The number of amides is 1. The first-order chi connectivity index (χ1) is 10.3. The van der Waals surface area contributed by atoms with Crippen molar-refractivity contribution in [2.75, 3.05) is 19.6 Å². The fourth-order valence-corrected chi connectivity index (χ4v) is 4.81. The zero-order valence-corrected chi connectivity index (χ0v) is 13.5. The Kier molecular flexibility index (Phi) is 5.56. The Balaban J connectivity index is 1.40. The van der Waals surface area contributed by atoms with Crippen LogP contribution < -0.4 is 5.32 Å². The molecular formula is C18H32N2O. The third-order valence-electron chi connectivity index (χ3n) is 6.02. The highest BCUT2D eigenvalue weighted by atomic mass is 16.2. The van der Waals surface area contributed by atoms with E-state index in [0.29, 0.717) is 12.6 Å². The monoisotopic (exact) mass is 292 g/mol. The van der Waals surface area contributed by atoms with Crippen molar-refractivity contribution in [3.05, 3.63) is 0 Å². The fraction of sp³-hybridized carbons (Fsp3) is 0.944. The number of nitrogens with one attached hydrogen (secondary N) is 1. The summed E-state index contributed by atoms with van der Waals surface area (Å²) >= 11 is 0.